The summed E-state index contributed by atoms with van der Waals surface area (Å²) in [5.74, 6) is -0.968. The summed E-state index contributed by atoms with van der Waals surface area (Å²) in [4.78, 5) is 10.8. The van der Waals surface area contributed by atoms with Crippen LogP contribution < -0.4 is 5.32 Å². The van der Waals surface area contributed by atoms with E-state index in [4.69, 9.17) is 10.4 Å². The summed E-state index contributed by atoms with van der Waals surface area (Å²) in [6.45, 7) is 0.522. The summed E-state index contributed by atoms with van der Waals surface area (Å²) in [6.07, 6.45) is 1.18. The molecule has 0 aromatic heterocycles. The van der Waals surface area contributed by atoms with Gasteiger partial charge in [-0.05, 0) is 12.8 Å². The van der Waals surface area contributed by atoms with Gasteiger partial charge in [-0.1, -0.05) is 0 Å². The van der Waals surface area contributed by atoms with E-state index in [0.717, 1.165) is 0 Å². The minimum absolute atomic E-state index is 0.181. The van der Waals surface area contributed by atoms with E-state index in [1.165, 1.54) is 0 Å². The first-order chi connectivity index (χ1) is 5.25. The molecule has 0 unspecified atom stereocenters. The van der Waals surface area contributed by atoms with Gasteiger partial charge in [-0.25, -0.2) is 0 Å². The van der Waals surface area contributed by atoms with E-state index in [2.05, 4.69) is 5.32 Å². The Hall–Kier alpha value is -1.50. The fraction of sp³-hybridized carbons (Fsp3) is 0.429. The van der Waals surface area contributed by atoms with Gasteiger partial charge in [-0.2, -0.15) is 5.26 Å². The summed E-state index contributed by atoms with van der Waals surface area (Å²) >= 11 is 0. The van der Waals surface area contributed by atoms with Crippen molar-refractivity contribution in [2.45, 2.75) is 12.8 Å². The average molecular weight is 152 g/mol. The zero-order chi connectivity index (χ0) is 8.27. The maximum Gasteiger partial charge on any atom is 0.287 e. The molecule has 58 valence electrons. The number of aliphatic hydroxyl groups is 1. The average Bonchev–Trinajstić information content (AvgIpc) is 2.16. The Bertz CT molecular complexity index is 250. The zero-order valence-corrected chi connectivity index (χ0v) is 5.92. The van der Waals surface area contributed by atoms with Crippen LogP contribution in [0.1, 0.15) is 12.8 Å². The second-order valence-corrected chi connectivity index (χ2v) is 2.30. The molecule has 1 heterocycles. The van der Waals surface area contributed by atoms with E-state index in [0.29, 0.717) is 19.4 Å². The number of allylic oxidation sites excluding steroid dienone is 1. The van der Waals surface area contributed by atoms with Crippen LogP contribution in [0.3, 0.4) is 0 Å². The molecule has 1 aliphatic rings. The summed E-state index contributed by atoms with van der Waals surface area (Å²) < 4.78 is 0. The Labute approximate surface area is 64.1 Å². The molecule has 0 saturated heterocycles. The van der Waals surface area contributed by atoms with Crippen molar-refractivity contribution in [1.82, 2.24) is 5.32 Å². The molecule has 0 aromatic carbocycles. The monoisotopic (exact) mass is 152 g/mol. The number of rotatable bonds is 0. The Kier molecular flexibility index (Phi) is 2.12. The quantitative estimate of drug-likeness (QED) is 0.522. The van der Waals surface area contributed by atoms with Crippen LogP contribution in [0, 0.1) is 11.3 Å². The van der Waals surface area contributed by atoms with Gasteiger partial charge in [0.15, 0.2) is 5.76 Å². The van der Waals surface area contributed by atoms with Crippen molar-refractivity contribution >= 4 is 5.91 Å². The Morgan fingerprint density at radius 2 is 2.36 bits per heavy atom. The maximum atomic E-state index is 10.8. The standard InChI is InChI=1S/C7H8N2O2/c8-4-5-2-1-3-9-7(11)6(5)10/h10H,1-3H2,(H,9,11). The first kappa shape index (κ1) is 7.61. The summed E-state index contributed by atoms with van der Waals surface area (Å²) in [7, 11) is 0. The Morgan fingerprint density at radius 3 is 3.00 bits per heavy atom. The highest BCUT2D eigenvalue weighted by Crippen LogP contribution is 2.10. The van der Waals surface area contributed by atoms with E-state index in [1.54, 1.807) is 6.07 Å². The predicted molar refractivity (Wildman–Crippen MR) is 37.5 cm³/mol. The maximum absolute atomic E-state index is 10.8. The number of carbonyl (C=O) groups excluding carboxylic acids is 1. The van der Waals surface area contributed by atoms with Crippen LogP contribution in [-0.2, 0) is 4.79 Å². The van der Waals surface area contributed by atoms with Crippen LogP contribution in [0.25, 0.3) is 0 Å². The molecule has 0 spiro atoms. The molecule has 0 fully saturated rings. The Balaban J connectivity index is 2.92. The highest BCUT2D eigenvalue weighted by Gasteiger charge is 2.16. The lowest BCUT2D eigenvalue weighted by Gasteiger charge is -1.96. The molecule has 1 rings (SSSR count). The molecule has 1 aliphatic heterocycles. The molecule has 0 radical (unpaired) electrons. The van der Waals surface area contributed by atoms with Gasteiger partial charge in [0.05, 0.1) is 11.6 Å². The molecule has 11 heavy (non-hydrogen) atoms. The molecule has 0 bridgehead atoms. The van der Waals surface area contributed by atoms with Crippen LogP contribution in [0.5, 0.6) is 0 Å². The number of amides is 1. The number of nitrogens with zero attached hydrogens (tertiary/aromatic N) is 1. The van der Waals surface area contributed by atoms with Crippen molar-refractivity contribution in [3.8, 4) is 6.07 Å². The molecule has 4 nitrogen and oxygen atoms in total. The normalized spacial score (nSPS) is 18.6. The lowest BCUT2D eigenvalue weighted by molar-refractivity contribution is -0.119. The fourth-order valence-corrected chi connectivity index (χ4v) is 0.915. The van der Waals surface area contributed by atoms with Gasteiger partial charge in [-0.3, -0.25) is 4.79 Å². The molecular formula is C7H8N2O2. The van der Waals surface area contributed by atoms with Crippen molar-refractivity contribution in [2.24, 2.45) is 0 Å². The number of hydrogen-bond donors (Lipinski definition) is 2. The SMILES string of the molecule is N#CC1=C(O)C(=O)NCCC1. The highest BCUT2D eigenvalue weighted by molar-refractivity contribution is 5.92. The van der Waals surface area contributed by atoms with E-state index in [9.17, 15) is 4.79 Å². The van der Waals surface area contributed by atoms with Gasteiger partial charge in [0.1, 0.15) is 0 Å². The Morgan fingerprint density at radius 1 is 1.64 bits per heavy atom. The minimum Gasteiger partial charge on any atom is -0.502 e. The lowest BCUT2D eigenvalue weighted by Crippen LogP contribution is -2.24. The van der Waals surface area contributed by atoms with Crippen molar-refractivity contribution in [2.75, 3.05) is 6.54 Å². The molecule has 0 aromatic rings. The second kappa shape index (κ2) is 3.06. The van der Waals surface area contributed by atoms with E-state index >= 15 is 0 Å². The van der Waals surface area contributed by atoms with Gasteiger partial charge in [-0.15, -0.1) is 0 Å². The molecule has 0 aliphatic carbocycles. The zero-order valence-electron chi connectivity index (χ0n) is 5.92. The van der Waals surface area contributed by atoms with Crippen LogP contribution in [-0.4, -0.2) is 17.6 Å². The summed E-state index contributed by atoms with van der Waals surface area (Å²) in [6, 6.07) is 1.79. The number of carbonyl (C=O) groups is 1. The molecule has 0 atom stereocenters. The van der Waals surface area contributed by atoms with Crippen LogP contribution in [0.15, 0.2) is 11.3 Å². The predicted octanol–water partition coefficient (Wildman–Crippen LogP) is 0.232. The minimum atomic E-state index is -0.543. The molecule has 0 saturated carbocycles. The molecular weight excluding hydrogens is 144 g/mol. The highest BCUT2D eigenvalue weighted by atomic mass is 16.3. The number of nitrogens with one attached hydrogen (secondary N) is 1. The first-order valence-electron chi connectivity index (χ1n) is 3.36. The van der Waals surface area contributed by atoms with E-state index in [1.807, 2.05) is 0 Å². The van der Waals surface area contributed by atoms with Crippen LogP contribution >= 0.6 is 0 Å². The topological polar surface area (TPSA) is 73.1 Å². The largest absolute Gasteiger partial charge is 0.502 e. The molecule has 2 N–H and O–H groups in total. The number of nitriles is 1. The molecule has 4 heteroatoms. The van der Waals surface area contributed by atoms with Crippen molar-refractivity contribution < 1.29 is 9.90 Å². The second-order valence-electron chi connectivity index (χ2n) is 2.30. The van der Waals surface area contributed by atoms with Crippen molar-refractivity contribution in [3.63, 3.8) is 0 Å². The van der Waals surface area contributed by atoms with E-state index in [-0.39, 0.29) is 5.57 Å². The summed E-state index contributed by atoms with van der Waals surface area (Å²) in [5, 5.41) is 20.0. The van der Waals surface area contributed by atoms with Gasteiger partial charge >= 0.3 is 0 Å². The van der Waals surface area contributed by atoms with Gasteiger partial charge in [0.2, 0.25) is 0 Å². The van der Waals surface area contributed by atoms with Gasteiger partial charge < -0.3 is 10.4 Å². The third kappa shape index (κ3) is 1.49. The fourth-order valence-electron chi connectivity index (χ4n) is 0.915. The van der Waals surface area contributed by atoms with E-state index < -0.39 is 11.7 Å². The van der Waals surface area contributed by atoms with Crippen LogP contribution in [0.2, 0.25) is 0 Å². The van der Waals surface area contributed by atoms with Gasteiger partial charge in [0.25, 0.3) is 5.91 Å². The van der Waals surface area contributed by atoms with Crippen LogP contribution in [0.4, 0.5) is 0 Å². The lowest BCUT2D eigenvalue weighted by atomic mass is 10.1. The summed E-state index contributed by atoms with van der Waals surface area (Å²) in [5.41, 5.74) is 0.181. The van der Waals surface area contributed by atoms with Crippen molar-refractivity contribution in [1.29, 1.82) is 5.26 Å². The third-order valence-corrected chi connectivity index (χ3v) is 1.52. The third-order valence-electron chi connectivity index (χ3n) is 1.52. The number of hydrogen-bond acceptors (Lipinski definition) is 3. The smallest absolute Gasteiger partial charge is 0.287 e. The first-order valence-corrected chi connectivity index (χ1v) is 3.36. The number of aliphatic hydroxyl groups excluding tert-OH is 1. The van der Waals surface area contributed by atoms with Crippen molar-refractivity contribution in [3.05, 3.63) is 11.3 Å². The van der Waals surface area contributed by atoms with Gasteiger partial charge in [0, 0.05) is 6.54 Å². The molecule has 1 amide bonds.